The number of halogens is 2. The Morgan fingerprint density at radius 3 is 2.42 bits per heavy atom. The Labute approximate surface area is 156 Å². The van der Waals surface area contributed by atoms with E-state index in [0.29, 0.717) is 28.1 Å². The highest BCUT2D eigenvalue weighted by molar-refractivity contribution is 7.99. The summed E-state index contributed by atoms with van der Waals surface area (Å²) in [4.78, 5) is 13.8. The lowest BCUT2D eigenvalue weighted by atomic mass is 10.1. The molecule has 2 aromatic carbocycles. The summed E-state index contributed by atoms with van der Waals surface area (Å²) in [5.41, 5.74) is 1.75. The van der Waals surface area contributed by atoms with Crippen LogP contribution in [0.2, 0.25) is 10.0 Å². The van der Waals surface area contributed by atoms with Gasteiger partial charge in [0.1, 0.15) is 0 Å². The number of aliphatic hydroxyl groups is 1. The third kappa shape index (κ3) is 6.02. The number of carbonyl (C=O) groups is 1. The van der Waals surface area contributed by atoms with Crippen LogP contribution in [-0.2, 0) is 11.3 Å². The van der Waals surface area contributed by atoms with E-state index in [2.05, 4.69) is 0 Å². The maximum absolute atomic E-state index is 12.2. The molecule has 3 nitrogen and oxygen atoms in total. The smallest absolute Gasteiger partial charge is 0.232 e. The number of amides is 1. The van der Waals surface area contributed by atoms with Crippen LogP contribution < -0.4 is 0 Å². The normalized spacial score (nSPS) is 12.0. The van der Waals surface area contributed by atoms with Crippen LogP contribution in [0.15, 0.2) is 48.5 Å². The van der Waals surface area contributed by atoms with Gasteiger partial charge in [0.2, 0.25) is 5.91 Å². The number of nitrogens with zero attached hydrogens (tertiary/aromatic N) is 1. The van der Waals surface area contributed by atoms with Gasteiger partial charge >= 0.3 is 0 Å². The molecule has 0 heterocycles. The van der Waals surface area contributed by atoms with Crippen molar-refractivity contribution in [3.8, 4) is 0 Å². The Morgan fingerprint density at radius 1 is 1.17 bits per heavy atom. The standard InChI is InChI=1S/C18H19Cl2NO2S/c1-21(10-13-7-15(19)9-16(20)8-13)18(23)12-24-11-17(22)14-5-3-2-4-6-14/h2-9,17,22H,10-12H2,1H3. The molecule has 0 fully saturated rings. The fourth-order valence-electron chi connectivity index (χ4n) is 2.20. The molecule has 2 rings (SSSR count). The summed E-state index contributed by atoms with van der Waals surface area (Å²) in [5, 5.41) is 11.2. The van der Waals surface area contributed by atoms with Crippen molar-refractivity contribution in [1.82, 2.24) is 4.90 Å². The molecule has 0 spiro atoms. The molecule has 0 aliphatic heterocycles. The predicted molar refractivity (Wildman–Crippen MR) is 102 cm³/mol. The van der Waals surface area contributed by atoms with Crippen LogP contribution in [-0.4, -0.2) is 34.5 Å². The first-order valence-electron chi connectivity index (χ1n) is 7.45. The van der Waals surface area contributed by atoms with E-state index in [1.807, 2.05) is 30.3 Å². The molecule has 0 bridgehead atoms. The molecular weight excluding hydrogens is 365 g/mol. The van der Waals surface area contributed by atoms with E-state index >= 15 is 0 Å². The van der Waals surface area contributed by atoms with Crippen molar-refractivity contribution in [3.05, 3.63) is 69.7 Å². The van der Waals surface area contributed by atoms with Gasteiger partial charge in [0.05, 0.1) is 11.9 Å². The van der Waals surface area contributed by atoms with Crippen molar-refractivity contribution in [2.75, 3.05) is 18.6 Å². The van der Waals surface area contributed by atoms with E-state index in [-0.39, 0.29) is 5.91 Å². The quantitative estimate of drug-likeness (QED) is 0.768. The number of hydrogen-bond donors (Lipinski definition) is 1. The second-order valence-electron chi connectivity index (χ2n) is 5.47. The summed E-state index contributed by atoms with van der Waals surface area (Å²) in [5.74, 6) is 0.790. The van der Waals surface area contributed by atoms with Crippen molar-refractivity contribution in [3.63, 3.8) is 0 Å². The molecular formula is C18H19Cl2NO2S. The van der Waals surface area contributed by atoms with Crippen LogP contribution in [0.25, 0.3) is 0 Å². The molecule has 1 N–H and O–H groups in total. The minimum absolute atomic E-state index is 0.00337. The minimum atomic E-state index is -0.568. The summed E-state index contributed by atoms with van der Waals surface area (Å²) < 4.78 is 0. The van der Waals surface area contributed by atoms with E-state index in [1.54, 1.807) is 30.1 Å². The maximum Gasteiger partial charge on any atom is 0.232 e. The molecule has 0 aromatic heterocycles. The predicted octanol–water partition coefficient (Wildman–Crippen LogP) is 4.42. The summed E-state index contributed by atoms with van der Waals surface area (Å²) >= 11 is 13.4. The summed E-state index contributed by atoms with van der Waals surface area (Å²) in [6.07, 6.45) is -0.568. The van der Waals surface area contributed by atoms with Gasteiger partial charge in [-0.3, -0.25) is 4.79 Å². The molecule has 0 radical (unpaired) electrons. The second kappa shape index (κ2) is 9.33. The van der Waals surface area contributed by atoms with Crippen molar-refractivity contribution in [2.45, 2.75) is 12.6 Å². The highest BCUT2D eigenvalue weighted by atomic mass is 35.5. The highest BCUT2D eigenvalue weighted by Crippen LogP contribution is 2.21. The SMILES string of the molecule is CN(Cc1cc(Cl)cc(Cl)c1)C(=O)CSCC(O)c1ccccc1. The fourth-order valence-corrected chi connectivity index (χ4v) is 3.70. The lowest BCUT2D eigenvalue weighted by Gasteiger charge is -2.18. The van der Waals surface area contributed by atoms with Crippen molar-refractivity contribution < 1.29 is 9.90 Å². The fraction of sp³-hybridized carbons (Fsp3) is 0.278. The van der Waals surface area contributed by atoms with Crippen LogP contribution in [0.4, 0.5) is 0 Å². The Bertz CT molecular complexity index is 662. The van der Waals surface area contributed by atoms with Crippen LogP contribution in [0, 0.1) is 0 Å². The number of rotatable bonds is 7. The van der Waals surface area contributed by atoms with E-state index in [4.69, 9.17) is 23.2 Å². The molecule has 0 saturated heterocycles. The van der Waals surface area contributed by atoms with Gasteiger partial charge < -0.3 is 10.0 Å². The second-order valence-corrected chi connectivity index (χ2v) is 7.37. The van der Waals surface area contributed by atoms with E-state index < -0.39 is 6.10 Å². The zero-order valence-electron chi connectivity index (χ0n) is 13.3. The molecule has 24 heavy (non-hydrogen) atoms. The van der Waals surface area contributed by atoms with Gasteiger partial charge in [-0.05, 0) is 29.3 Å². The number of thioether (sulfide) groups is 1. The Kier molecular flexibility index (Phi) is 7.43. The summed E-state index contributed by atoms with van der Waals surface area (Å²) in [7, 11) is 1.74. The van der Waals surface area contributed by atoms with Crippen LogP contribution in [0.5, 0.6) is 0 Å². The lowest BCUT2D eigenvalue weighted by molar-refractivity contribution is -0.127. The van der Waals surface area contributed by atoms with Gasteiger partial charge in [-0.2, -0.15) is 0 Å². The molecule has 128 valence electrons. The first kappa shape index (κ1) is 19.1. The molecule has 0 aliphatic rings. The first-order valence-corrected chi connectivity index (χ1v) is 9.36. The van der Waals surface area contributed by atoms with Crippen molar-refractivity contribution in [2.24, 2.45) is 0 Å². The Balaban J connectivity index is 1.79. The largest absolute Gasteiger partial charge is 0.388 e. The monoisotopic (exact) mass is 383 g/mol. The van der Waals surface area contributed by atoms with Crippen molar-refractivity contribution in [1.29, 1.82) is 0 Å². The molecule has 2 aromatic rings. The first-order chi connectivity index (χ1) is 11.5. The van der Waals surface area contributed by atoms with E-state index in [0.717, 1.165) is 11.1 Å². The number of aliphatic hydroxyl groups excluding tert-OH is 1. The number of hydrogen-bond acceptors (Lipinski definition) is 3. The topological polar surface area (TPSA) is 40.5 Å². The van der Waals surface area contributed by atoms with Gasteiger partial charge in [-0.25, -0.2) is 0 Å². The number of carbonyl (C=O) groups excluding carboxylic acids is 1. The van der Waals surface area contributed by atoms with Crippen LogP contribution in [0.3, 0.4) is 0 Å². The van der Waals surface area contributed by atoms with Gasteiger partial charge in [0, 0.05) is 29.4 Å². The molecule has 1 atom stereocenters. The Hall–Kier alpha value is -1.20. The zero-order chi connectivity index (χ0) is 17.5. The summed E-state index contributed by atoms with van der Waals surface area (Å²) in [6, 6.07) is 14.7. The van der Waals surface area contributed by atoms with Crippen LogP contribution >= 0.6 is 35.0 Å². The van der Waals surface area contributed by atoms with Gasteiger partial charge in [-0.1, -0.05) is 53.5 Å². The van der Waals surface area contributed by atoms with Gasteiger partial charge in [-0.15, -0.1) is 11.8 Å². The molecule has 6 heteroatoms. The molecule has 1 unspecified atom stereocenters. The van der Waals surface area contributed by atoms with Crippen LogP contribution in [0.1, 0.15) is 17.2 Å². The molecule has 1 amide bonds. The third-order valence-corrected chi connectivity index (χ3v) is 4.89. The summed E-state index contributed by atoms with van der Waals surface area (Å²) in [6.45, 7) is 0.445. The average molecular weight is 384 g/mol. The van der Waals surface area contributed by atoms with Gasteiger partial charge in [0.25, 0.3) is 0 Å². The molecule has 0 saturated carbocycles. The minimum Gasteiger partial charge on any atom is -0.388 e. The van der Waals surface area contributed by atoms with Crippen molar-refractivity contribution >= 4 is 40.9 Å². The average Bonchev–Trinajstić information content (AvgIpc) is 2.54. The van der Waals surface area contributed by atoms with E-state index in [9.17, 15) is 9.90 Å². The number of benzene rings is 2. The highest BCUT2D eigenvalue weighted by Gasteiger charge is 2.13. The maximum atomic E-state index is 12.2. The lowest BCUT2D eigenvalue weighted by Crippen LogP contribution is -2.28. The third-order valence-electron chi connectivity index (χ3n) is 3.45. The molecule has 0 aliphatic carbocycles. The Morgan fingerprint density at radius 2 is 1.79 bits per heavy atom. The van der Waals surface area contributed by atoms with E-state index in [1.165, 1.54) is 11.8 Å². The zero-order valence-corrected chi connectivity index (χ0v) is 15.6. The van der Waals surface area contributed by atoms with Gasteiger partial charge in [0.15, 0.2) is 0 Å².